The molecule has 36 heavy (non-hydrogen) atoms. The molecule has 1 aromatic rings. The van der Waals surface area contributed by atoms with Crippen LogP contribution in [-0.2, 0) is 30.4 Å². The lowest BCUT2D eigenvalue weighted by Crippen LogP contribution is -2.52. The number of morpholine rings is 1. The number of aromatic nitrogens is 1. The lowest BCUT2D eigenvalue weighted by molar-refractivity contribution is -0.193. The zero-order valence-corrected chi connectivity index (χ0v) is 19.3. The largest absolute Gasteiger partial charge is 0.490 e. The number of carboxylic acid groups (broad SMARTS) is 2. The predicted molar refractivity (Wildman–Crippen MR) is 111 cm³/mol. The molecule has 3 atom stereocenters. The number of alkyl halides is 6. The standard InChI is InChI=1S/C17H26N2O3.2C2HF3O2/c1-2-20-11-9-19-10-12-21-17-15(19)6-7-16(17)22-13-14-5-3-4-8-18-14;2*3-2(4,5)1(6)7/h3-5,8,15-17H,2,6-7,9-13H2,1H3;2*(H,6,7)/t15-,16+,17+;;/m0../s1. The van der Waals surface area contributed by atoms with E-state index in [0.717, 1.165) is 51.4 Å². The fourth-order valence-electron chi connectivity index (χ4n) is 3.45. The summed E-state index contributed by atoms with van der Waals surface area (Å²) in [5, 5.41) is 14.2. The minimum absolute atomic E-state index is 0.182. The minimum Gasteiger partial charge on any atom is -0.475 e. The Balaban J connectivity index is 0.000000383. The third-order valence-corrected chi connectivity index (χ3v) is 5.03. The van der Waals surface area contributed by atoms with Crippen LogP contribution in [0.2, 0.25) is 0 Å². The first-order valence-corrected chi connectivity index (χ1v) is 10.8. The Morgan fingerprint density at radius 3 is 2.22 bits per heavy atom. The van der Waals surface area contributed by atoms with Crippen molar-refractivity contribution in [2.45, 2.75) is 57.0 Å². The first-order valence-electron chi connectivity index (χ1n) is 10.8. The number of carbonyl (C=O) groups is 2. The lowest BCUT2D eigenvalue weighted by Gasteiger charge is -2.39. The van der Waals surface area contributed by atoms with E-state index in [1.54, 1.807) is 0 Å². The molecule has 0 amide bonds. The van der Waals surface area contributed by atoms with E-state index < -0.39 is 24.3 Å². The fraction of sp³-hybridized carbons (Fsp3) is 0.667. The molecular weight excluding hydrogens is 506 g/mol. The molecule has 0 unspecified atom stereocenters. The molecule has 2 fully saturated rings. The lowest BCUT2D eigenvalue weighted by atomic mass is 10.1. The molecular formula is C21H28F6N2O7. The highest BCUT2D eigenvalue weighted by Gasteiger charge is 2.43. The van der Waals surface area contributed by atoms with Crippen LogP contribution >= 0.6 is 0 Å². The van der Waals surface area contributed by atoms with Crippen LogP contribution in [0.4, 0.5) is 26.3 Å². The van der Waals surface area contributed by atoms with Crippen molar-refractivity contribution in [3.63, 3.8) is 0 Å². The average Bonchev–Trinajstić information content (AvgIpc) is 3.22. The number of nitrogens with zero attached hydrogens (tertiary/aromatic N) is 2. The SMILES string of the molecule is CCOCCN1CCO[C@H]2[C@H](OCc3ccccn3)CC[C@@H]21.O=C(O)C(F)(F)F.O=C(O)C(F)(F)F. The molecule has 0 radical (unpaired) electrons. The number of aliphatic carboxylic acids is 2. The van der Waals surface area contributed by atoms with Crippen LogP contribution in [0.15, 0.2) is 24.4 Å². The molecule has 0 spiro atoms. The van der Waals surface area contributed by atoms with Gasteiger partial charge < -0.3 is 24.4 Å². The third kappa shape index (κ3) is 11.5. The molecule has 2 N–H and O–H groups in total. The smallest absolute Gasteiger partial charge is 0.475 e. The summed E-state index contributed by atoms with van der Waals surface area (Å²) in [5.74, 6) is -5.51. The molecule has 3 rings (SSSR count). The number of rotatable bonds is 7. The molecule has 2 heterocycles. The topological polar surface area (TPSA) is 118 Å². The second kappa shape index (κ2) is 14.9. The summed E-state index contributed by atoms with van der Waals surface area (Å²) in [7, 11) is 0. The van der Waals surface area contributed by atoms with Crippen molar-refractivity contribution < 1.29 is 60.4 Å². The van der Waals surface area contributed by atoms with Crippen LogP contribution in [-0.4, -0.2) is 95.5 Å². The molecule has 15 heteroatoms. The Kier molecular flexibility index (Phi) is 13.1. The third-order valence-electron chi connectivity index (χ3n) is 5.03. The van der Waals surface area contributed by atoms with E-state index in [1.807, 2.05) is 31.3 Å². The molecule has 1 aliphatic carbocycles. The van der Waals surface area contributed by atoms with Gasteiger partial charge in [-0.25, -0.2) is 9.59 Å². The molecule has 1 saturated carbocycles. The van der Waals surface area contributed by atoms with E-state index in [2.05, 4.69) is 9.88 Å². The summed E-state index contributed by atoms with van der Waals surface area (Å²) in [6.45, 7) is 6.98. The zero-order valence-electron chi connectivity index (χ0n) is 19.3. The van der Waals surface area contributed by atoms with Crippen LogP contribution < -0.4 is 0 Å². The normalized spacial score (nSPS) is 21.9. The maximum atomic E-state index is 10.6. The monoisotopic (exact) mass is 534 g/mol. The number of ether oxygens (including phenoxy) is 3. The van der Waals surface area contributed by atoms with Crippen molar-refractivity contribution in [1.82, 2.24) is 9.88 Å². The summed E-state index contributed by atoms with van der Waals surface area (Å²) >= 11 is 0. The van der Waals surface area contributed by atoms with Crippen LogP contribution in [0.1, 0.15) is 25.5 Å². The maximum Gasteiger partial charge on any atom is 0.490 e. The fourth-order valence-corrected chi connectivity index (χ4v) is 3.45. The molecule has 1 aliphatic heterocycles. The van der Waals surface area contributed by atoms with Gasteiger partial charge in [0.1, 0.15) is 0 Å². The Labute approximate surface area is 202 Å². The number of hydrogen-bond acceptors (Lipinski definition) is 7. The van der Waals surface area contributed by atoms with Crippen LogP contribution in [0.3, 0.4) is 0 Å². The van der Waals surface area contributed by atoms with Gasteiger partial charge in [0.2, 0.25) is 0 Å². The van der Waals surface area contributed by atoms with Crippen molar-refractivity contribution >= 4 is 11.9 Å². The minimum atomic E-state index is -5.08. The molecule has 206 valence electrons. The van der Waals surface area contributed by atoms with Gasteiger partial charge in [-0.15, -0.1) is 0 Å². The van der Waals surface area contributed by atoms with E-state index in [4.69, 9.17) is 34.0 Å². The quantitative estimate of drug-likeness (QED) is 0.402. The van der Waals surface area contributed by atoms with Crippen molar-refractivity contribution in [2.75, 3.05) is 32.9 Å². The van der Waals surface area contributed by atoms with Crippen molar-refractivity contribution in [2.24, 2.45) is 0 Å². The van der Waals surface area contributed by atoms with E-state index in [0.29, 0.717) is 12.6 Å². The number of fused-ring (bicyclic) bond motifs is 1. The number of hydrogen-bond donors (Lipinski definition) is 2. The molecule has 1 saturated heterocycles. The molecule has 9 nitrogen and oxygen atoms in total. The van der Waals surface area contributed by atoms with Crippen molar-refractivity contribution in [1.29, 1.82) is 0 Å². The molecule has 2 aliphatic rings. The Bertz CT molecular complexity index is 771. The van der Waals surface area contributed by atoms with E-state index in [9.17, 15) is 26.3 Å². The van der Waals surface area contributed by atoms with Crippen molar-refractivity contribution in [3.05, 3.63) is 30.1 Å². The summed E-state index contributed by atoms with van der Waals surface area (Å²) in [4.78, 5) is 24.6. The summed E-state index contributed by atoms with van der Waals surface area (Å²) in [6.07, 6.45) is -5.78. The van der Waals surface area contributed by atoms with Gasteiger partial charge in [-0.3, -0.25) is 9.88 Å². The molecule has 0 aromatic carbocycles. The number of carboxylic acids is 2. The van der Waals surface area contributed by atoms with Gasteiger partial charge in [0.05, 0.1) is 37.7 Å². The highest BCUT2D eigenvalue weighted by Crippen LogP contribution is 2.32. The van der Waals surface area contributed by atoms with Gasteiger partial charge in [-0.05, 0) is 31.9 Å². The van der Waals surface area contributed by atoms with Crippen LogP contribution in [0, 0.1) is 0 Å². The van der Waals surface area contributed by atoms with Gasteiger partial charge in [-0.2, -0.15) is 26.3 Å². The summed E-state index contributed by atoms with van der Waals surface area (Å²) in [6, 6.07) is 6.40. The number of halogens is 6. The Morgan fingerprint density at radius 2 is 1.72 bits per heavy atom. The Hall–Kier alpha value is -2.49. The average molecular weight is 534 g/mol. The van der Waals surface area contributed by atoms with Crippen LogP contribution in [0.5, 0.6) is 0 Å². The summed E-state index contributed by atoms with van der Waals surface area (Å²) < 4.78 is 81.1. The highest BCUT2D eigenvalue weighted by molar-refractivity contribution is 5.73. The predicted octanol–water partition coefficient (Wildman–Crippen LogP) is 3.13. The zero-order chi connectivity index (χ0) is 27.4. The first-order chi connectivity index (χ1) is 16.8. The van der Waals surface area contributed by atoms with E-state index >= 15 is 0 Å². The van der Waals surface area contributed by atoms with Gasteiger partial charge in [0.25, 0.3) is 0 Å². The van der Waals surface area contributed by atoms with E-state index in [1.165, 1.54) is 0 Å². The van der Waals surface area contributed by atoms with Gasteiger partial charge in [-0.1, -0.05) is 6.07 Å². The van der Waals surface area contributed by atoms with Gasteiger partial charge >= 0.3 is 24.3 Å². The second-order valence-corrected chi connectivity index (χ2v) is 7.49. The molecule has 0 bridgehead atoms. The van der Waals surface area contributed by atoms with Gasteiger partial charge in [0.15, 0.2) is 0 Å². The van der Waals surface area contributed by atoms with Crippen molar-refractivity contribution in [3.8, 4) is 0 Å². The molecule has 1 aromatic heterocycles. The highest BCUT2D eigenvalue weighted by atomic mass is 19.4. The number of pyridine rings is 1. The summed E-state index contributed by atoms with van der Waals surface area (Å²) in [5.41, 5.74) is 0.981. The second-order valence-electron chi connectivity index (χ2n) is 7.49. The maximum absolute atomic E-state index is 10.6. The van der Waals surface area contributed by atoms with E-state index in [-0.39, 0.29) is 12.2 Å². The van der Waals surface area contributed by atoms with Crippen LogP contribution in [0.25, 0.3) is 0 Å². The Morgan fingerprint density at radius 1 is 1.11 bits per heavy atom. The first kappa shape index (κ1) is 31.5. The van der Waals surface area contributed by atoms with Gasteiger partial charge in [0, 0.05) is 31.9 Å².